The normalized spacial score (nSPS) is 15.1. The summed E-state index contributed by atoms with van der Waals surface area (Å²) in [5.74, 6) is 0.354. The van der Waals surface area contributed by atoms with Crippen molar-refractivity contribution in [3.8, 4) is 21.8 Å². The fraction of sp³-hybridized carbons (Fsp3) is 0.278. The van der Waals surface area contributed by atoms with E-state index < -0.39 is 47.7 Å². The van der Waals surface area contributed by atoms with Crippen LogP contribution >= 0.6 is 11.3 Å². The van der Waals surface area contributed by atoms with Gasteiger partial charge in [0.1, 0.15) is 38.0 Å². The van der Waals surface area contributed by atoms with Crippen LogP contribution < -0.4 is 14.9 Å². The Balaban J connectivity index is 1.24. The van der Waals surface area contributed by atoms with Gasteiger partial charge >= 0.3 is 0 Å². The molecule has 6 rings (SSSR count). The van der Waals surface area contributed by atoms with Gasteiger partial charge in [-0.15, -0.1) is 11.3 Å². The summed E-state index contributed by atoms with van der Waals surface area (Å²) >= 11 is 1.39. The van der Waals surface area contributed by atoms with Crippen LogP contribution in [-0.2, 0) is 19.5 Å². The number of hydrogen-bond donors (Lipinski definition) is 2. The molecule has 3 aromatic carbocycles. The van der Waals surface area contributed by atoms with E-state index in [4.69, 9.17) is 4.98 Å². The average molecular weight is 788 g/mol. The van der Waals surface area contributed by atoms with Gasteiger partial charge in [0.05, 0.1) is 48.1 Å². The molecule has 53 heavy (non-hydrogen) atoms. The summed E-state index contributed by atoms with van der Waals surface area (Å²) in [6.07, 6.45) is 2.67. The standard InChI is InChI=1S/C36H37F4N7O3S3/c1-22(2)35-44-32(23-7-5-8-24(19-23)45-53(4,50)34-25(37)9-6-10-26(34)38)33(51-35)29-11-12-41-36(42-29)43-30-20-28(40)31(21-27(30)39)47-15-13-46(14-16-47)17-18-52(3,48)49/h5-12,19-22H,4,13-18H2,1-3H3,(H,45,50)(H,41,42,43). The summed E-state index contributed by atoms with van der Waals surface area (Å²) in [6, 6.07) is 13.7. The Kier molecular flexibility index (Phi) is 11.1. The van der Waals surface area contributed by atoms with Gasteiger partial charge in [0.15, 0.2) is 0 Å². The monoisotopic (exact) mass is 787 g/mol. The fourth-order valence-electron chi connectivity index (χ4n) is 5.77. The summed E-state index contributed by atoms with van der Waals surface area (Å²) in [7, 11) is -6.73. The highest BCUT2D eigenvalue weighted by Crippen LogP contribution is 2.40. The van der Waals surface area contributed by atoms with Crippen LogP contribution in [0.5, 0.6) is 0 Å². The van der Waals surface area contributed by atoms with Crippen LogP contribution in [0.2, 0.25) is 0 Å². The Bertz CT molecular complexity index is 2350. The van der Waals surface area contributed by atoms with Crippen molar-refractivity contribution in [3.63, 3.8) is 0 Å². The second-order valence-electron chi connectivity index (χ2n) is 12.9. The van der Waals surface area contributed by atoms with Crippen molar-refractivity contribution in [2.45, 2.75) is 24.7 Å². The van der Waals surface area contributed by atoms with Crippen molar-refractivity contribution in [1.82, 2.24) is 19.9 Å². The molecule has 0 spiro atoms. The van der Waals surface area contributed by atoms with Gasteiger partial charge in [-0.1, -0.05) is 32.0 Å². The van der Waals surface area contributed by atoms with Crippen molar-refractivity contribution in [1.29, 1.82) is 0 Å². The summed E-state index contributed by atoms with van der Waals surface area (Å²) in [4.78, 5) is 17.4. The highest BCUT2D eigenvalue weighted by Gasteiger charge is 2.24. The van der Waals surface area contributed by atoms with Crippen LogP contribution in [0.15, 0.2) is 71.8 Å². The highest BCUT2D eigenvalue weighted by molar-refractivity contribution is 8.01. The third-order valence-corrected chi connectivity index (χ3v) is 12.4. The van der Waals surface area contributed by atoms with E-state index in [1.165, 1.54) is 29.9 Å². The first kappa shape index (κ1) is 38.2. The molecule has 5 aromatic rings. The molecule has 3 heterocycles. The largest absolute Gasteiger partial charge is 0.367 e. The summed E-state index contributed by atoms with van der Waals surface area (Å²) < 4.78 is 99.0. The fourth-order valence-corrected chi connectivity index (χ4v) is 8.80. The van der Waals surface area contributed by atoms with E-state index in [9.17, 15) is 21.4 Å². The van der Waals surface area contributed by atoms with E-state index in [2.05, 4.69) is 25.9 Å². The molecule has 1 saturated heterocycles. The number of hydrogen-bond acceptors (Lipinski definition) is 10. The molecule has 0 bridgehead atoms. The Morgan fingerprint density at radius 1 is 0.887 bits per heavy atom. The Morgan fingerprint density at radius 2 is 1.58 bits per heavy atom. The van der Waals surface area contributed by atoms with E-state index in [1.807, 2.05) is 18.7 Å². The van der Waals surface area contributed by atoms with Gasteiger partial charge in [0, 0.05) is 74.5 Å². The Hall–Kier alpha value is -4.58. The maximum absolute atomic E-state index is 15.4. The number of anilines is 4. The minimum Gasteiger partial charge on any atom is -0.367 e. The zero-order valence-corrected chi connectivity index (χ0v) is 31.5. The predicted octanol–water partition coefficient (Wildman–Crippen LogP) is 6.96. The molecule has 2 aromatic heterocycles. The number of benzene rings is 3. The van der Waals surface area contributed by atoms with Gasteiger partial charge in [-0.25, -0.2) is 45.1 Å². The zero-order chi connectivity index (χ0) is 38.1. The van der Waals surface area contributed by atoms with E-state index in [0.29, 0.717) is 54.6 Å². The number of piperazine rings is 1. The molecule has 0 radical (unpaired) electrons. The molecule has 1 unspecified atom stereocenters. The molecule has 10 nitrogen and oxygen atoms in total. The number of rotatable bonds is 12. The lowest BCUT2D eigenvalue weighted by molar-refractivity contribution is 0.271. The quantitative estimate of drug-likeness (QED) is 0.102. The van der Waals surface area contributed by atoms with Crippen molar-refractivity contribution >= 4 is 59.8 Å². The van der Waals surface area contributed by atoms with E-state index in [0.717, 1.165) is 29.3 Å². The van der Waals surface area contributed by atoms with E-state index in [1.54, 1.807) is 35.2 Å². The van der Waals surface area contributed by atoms with Crippen LogP contribution in [0.25, 0.3) is 21.8 Å². The van der Waals surface area contributed by atoms with E-state index in [-0.39, 0.29) is 34.7 Å². The first-order valence-corrected chi connectivity index (χ1v) is 21.1. The third-order valence-electron chi connectivity index (χ3n) is 8.47. The van der Waals surface area contributed by atoms with Crippen LogP contribution in [0.1, 0.15) is 24.8 Å². The summed E-state index contributed by atoms with van der Waals surface area (Å²) in [6.45, 7) is 6.20. The topological polar surface area (TPSA) is 120 Å². The number of halogens is 4. The lowest BCUT2D eigenvalue weighted by atomic mass is 10.1. The molecule has 1 fully saturated rings. The molecule has 0 saturated carbocycles. The van der Waals surface area contributed by atoms with Crippen LogP contribution in [0, 0.1) is 23.3 Å². The second-order valence-corrected chi connectivity index (χ2v) is 18.2. The number of aromatic nitrogens is 3. The van der Waals surface area contributed by atoms with Crippen LogP contribution in [0.3, 0.4) is 0 Å². The molecule has 0 aliphatic carbocycles. The molecule has 2 N–H and O–H groups in total. The van der Waals surface area contributed by atoms with Gasteiger partial charge in [0.2, 0.25) is 5.95 Å². The van der Waals surface area contributed by atoms with Gasteiger partial charge in [-0.05, 0) is 36.2 Å². The molecule has 17 heteroatoms. The zero-order valence-electron chi connectivity index (χ0n) is 29.1. The van der Waals surface area contributed by atoms with E-state index >= 15 is 8.78 Å². The molecule has 1 aliphatic rings. The Morgan fingerprint density at radius 3 is 2.26 bits per heavy atom. The first-order valence-electron chi connectivity index (χ1n) is 16.5. The van der Waals surface area contributed by atoms with Gasteiger partial charge < -0.3 is 14.9 Å². The molecule has 1 atom stereocenters. The number of sulfone groups is 1. The van der Waals surface area contributed by atoms with Gasteiger partial charge in [-0.3, -0.25) is 4.90 Å². The lowest BCUT2D eigenvalue weighted by Gasteiger charge is -2.36. The molecule has 0 amide bonds. The molecule has 1 aliphatic heterocycles. The van der Waals surface area contributed by atoms with Gasteiger partial charge in [-0.2, -0.15) is 0 Å². The third kappa shape index (κ3) is 8.97. The predicted molar refractivity (Wildman–Crippen MR) is 204 cm³/mol. The second kappa shape index (κ2) is 15.4. The van der Waals surface area contributed by atoms with Gasteiger partial charge in [0.25, 0.3) is 0 Å². The number of nitrogens with zero attached hydrogens (tertiary/aromatic N) is 5. The van der Waals surface area contributed by atoms with Crippen molar-refractivity contribution in [2.75, 3.05) is 59.7 Å². The van der Waals surface area contributed by atoms with Crippen molar-refractivity contribution in [2.24, 2.45) is 0 Å². The number of nitrogens with one attached hydrogen (secondary N) is 2. The minimum absolute atomic E-state index is 0.0117. The lowest BCUT2D eigenvalue weighted by Crippen LogP contribution is -2.47. The SMILES string of the molecule is C=S(=O)(Nc1cccc(-c2nc(C(C)C)sc2-c2ccnc(Nc3cc(F)c(N4CCN(CCS(C)(=O)=O)CC4)cc3F)n2)c1)c1c(F)cccc1F. The number of thiazole rings is 1. The molecular weight excluding hydrogens is 751 g/mol. The summed E-state index contributed by atoms with van der Waals surface area (Å²) in [5.41, 5.74) is 1.79. The van der Waals surface area contributed by atoms with Crippen molar-refractivity contribution in [3.05, 3.63) is 95.1 Å². The highest BCUT2D eigenvalue weighted by atomic mass is 32.2. The maximum atomic E-state index is 15.4. The first-order chi connectivity index (χ1) is 25.1. The maximum Gasteiger partial charge on any atom is 0.227 e. The smallest absolute Gasteiger partial charge is 0.227 e. The molecule has 280 valence electrons. The molecular formula is C36H37F4N7O3S3. The van der Waals surface area contributed by atoms with Crippen molar-refractivity contribution < 1.29 is 30.2 Å². The Labute approximate surface area is 310 Å². The summed E-state index contributed by atoms with van der Waals surface area (Å²) in [5, 5.41) is 3.58. The van der Waals surface area contributed by atoms with Crippen LogP contribution in [0.4, 0.5) is 40.6 Å². The van der Waals surface area contributed by atoms with Crippen LogP contribution in [-0.4, -0.2) is 83.1 Å². The minimum atomic E-state index is -3.63. The average Bonchev–Trinajstić information content (AvgIpc) is 3.55.